The maximum atomic E-state index is 12.6. The Balaban J connectivity index is 1.51. The van der Waals surface area contributed by atoms with Gasteiger partial charge < -0.3 is 16.0 Å². The van der Waals surface area contributed by atoms with Crippen molar-refractivity contribution in [2.75, 3.05) is 17.6 Å². The van der Waals surface area contributed by atoms with Crippen LogP contribution in [0.1, 0.15) is 41.9 Å². The molecule has 5 rings (SSSR count). The first kappa shape index (κ1) is 22.1. The van der Waals surface area contributed by atoms with E-state index in [1.807, 2.05) is 18.2 Å². The van der Waals surface area contributed by atoms with Crippen LogP contribution in [0.3, 0.4) is 0 Å². The van der Waals surface area contributed by atoms with E-state index in [2.05, 4.69) is 27.1 Å². The highest BCUT2D eigenvalue weighted by atomic mass is 16.2. The van der Waals surface area contributed by atoms with Crippen LogP contribution in [0.2, 0.25) is 0 Å². The molecule has 1 unspecified atom stereocenters. The van der Waals surface area contributed by atoms with Crippen LogP contribution in [-0.2, 0) is 4.79 Å². The Kier molecular flexibility index (Phi) is 5.85. The maximum Gasteiger partial charge on any atom is 0.299 e. The summed E-state index contributed by atoms with van der Waals surface area (Å²) in [7, 11) is 0. The molecule has 0 aliphatic carbocycles. The number of rotatable bonds is 4. The molecule has 4 aromatic rings. The van der Waals surface area contributed by atoms with E-state index >= 15 is 0 Å². The number of carbonyl (C=O) groups excluding carboxylic acids is 2. The zero-order chi connectivity index (χ0) is 24.4. The molecule has 4 heterocycles. The minimum Gasteiger partial charge on any atom is -0.369 e. The molecule has 35 heavy (non-hydrogen) atoms. The van der Waals surface area contributed by atoms with Gasteiger partial charge in [-0.25, -0.2) is 15.0 Å². The summed E-state index contributed by atoms with van der Waals surface area (Å²) >= 11 is 0. The summed E-state index contributed by atoms with van der Waals surface area (Å²) in [5, 5.41) is 2.77. The summed E-state index contributed by atoms with van der Waals surface area (Å²) < 4.78 is 1.78. The SMILES string of the molecule is CC#CC(=O)N1CCCC1c1nc(-c2ccc(C(=O)Nc3ccccn3)cc2)n2c(N)nccc12. The van der Waals surface area contributed by atoms with Gasteiger partial charge >= 0.3 is 0 Å². The molecule has 1 aromatic carbocycles. The normalized spacial score (nSPS) is 15.0. The Morgan fingerprint density at radius 3 is 2.66 bits per heavy atom. The smallest absolute Gasteiger partial charge is 0.299 e. The number of anilines is 2. The van der Waals surface area contributed by atoms with E-state index in [9.17, 15) is 9.59 Å². The monoisotopic (exact) mass is 465 g/mol. The lowest BCUT2D eigenvalue weighted by Crippen LogP contribution is -2.29. The predicted octanol–water partition coefficient (Wildman–Crippen LogP) is 3.31. The molecule has 1 saturated heterocycles. The van der Waals surface area contributed by atoms with Crippen molar-refractivity contribution in [1.82, 2.24) is 24.3 Å². The first-order chi connectivity index (χ1) is 17.1. The molecule has 1 fully saturated rings. The largest absolute Gasteiger partial charge is 0.369 e. The Labute approximate surface area is 202 Å². The van der Waals surface area contributed by atoms with Crippen molar-refractivity contribution in [2.24, 2.45) is 0 Å². The number of imidazole rings is 1. The molecule has 0 bridgehead atoms. The second-order valence-corrected chi connectivity index (χ2v) is 8.12. The van der Waals surface area contributed by atoms with Crippen LogP contribution in [0.15, 0.2) is 60.9 Å². The van der Waals surface area contributed by atoms with Crippen molar-refractivity contribution in [3.63, 3.8) is 0 Å². The van der Waals surface area contributed by atoms with E-state index < -0.39 is 0 Å². The lowest BCUT2D eigenvalue weighted by molar-refractivity contribution is -0.126. The molecule has 9 heteroatoms. The van der Waals surface area contributed by atoms with Crippen molar-refractivity contribution in [2.45, 2.75) is 25.8 Å². The third kappa shape index (κ3) is 4.17. The zero-order valence-electron chi connectivity index (χ0n) is 19.1. The Bertz CT molecular complexity index is 1470. The van der Waals surface area contributed by atoms with Crippen LogP contribution < -0.4 is 11.1 Å². The van der Waals surface area contributed by atoms with Gasteiger partial charge in [0.25, 0.3) is 11.8 Å². The maximum absolute atomic E-state index is 12.6. The van der Waals surface area contributed by atoms with Gasteiger partial charge in [0.05, 0.1) is 17.3 Å². The summed E-state index contributed by atoms with van der Waals surface area (Å²) in [6, 6.07) is 14.1. The minimum absolute atomic E-state index is 0.197. The van der Waals surface area contributed by atoms with Crippen LogP contribution in [0.25, 0.3) is 16.9 Å². The topological polar surface area (TPSA) is 119 Å². The molecule has 1 atom stereocenters. The lowest BCUT2D eigenvalue weighted by Gasteiger charge is -2.21. The number of nitrogens with zero attached hydrogens (tertiary/aromatic N) is 5. The molecule has 1 aliphatic heterocycles. The standard InChI is InChI=1S/C26H23N7O2/c1-2-6-22(34)32-16-5-7-19(32)23-20-13-15-29-26(27)33(20)24(31-23)17-9-11-18(12-10-17)25(35)30-21-8-3-4-14-28-21/h3-4,8-15,19H,5,7,16H2,1H3,(H2,27,29)(H,28,30,35). The van der Waals surface area contributed by atoms with Crippen molar-refractivity contribution in [3.05, 3.63) is 72.2 Å². The number of benzene rings is 1. The number of amides is 2. The number of hydrogen-bond donors (Lipinski definition) is 2. The number of nitrogens with two attached hydrogens (primary N) is 1. The number of fused-ring (bicyclic) bond motifs is 1. The van der Waals surface area contributed by atoms with E-state index in [-0.39, 0.29) is 23.8 Å². The number of hydrogen-bond acceptors (Lipinski definition) is 6. The molecule has 3 N–H and O–H groups in total. The molecule has 2 amide bonds. The third-order valence-electron chi connectivity index (χ3n) is 5.98. The van der Waals surface area contributed by atoms with Gasteiger partial charge in [0.2, 0.25) is 5.95 Å². The fourth-order valence-corrected chi connectivity index (χ4v) is 4.39. The molecule has 0 saturated carbocycles. The Hall–Kier alpha value is -4.71. The van der Waals surface area contributed by atoms with Crippen molar-refractivity contribution in [1.29, 1.82) is 0 Å². The summed E-state index contributed by atoms with van der Waals surface area (Å²) in [6.07, 6.45) is 4.92. The molecule has 1 aliphatic rings. The first-order valence-corrected chi connectivity index (χ1v) is 11.3. The zero-order valence-corrected chi connectivity index (χ0v) is 19.1. The second kappa shape index (κ2) is 9.27. The molecule has 3 aromatic heterocycles. The second-order valence-electron chi connectivity index (χ2n) is 8.12. The number of likely N-dealkylation sites (tertiary alicyclic amines) is 1. The van der Waals surface area contributed by atoms with Gasteiger partial charge in [-0.05, 0) is 56.0 Å². The van der Waals surface area contributed by atoms with Gasteiger partial charge in [0, 0.05) is 30.1 Å². The average Bonchev–Trinajstić information content (AvgIpc) is 3.51. The molecular formula is C26H23N7O2. The van der Waals surface area contributed by atoms with Gasteiger partial charge in [-0.3, -0.25) is 14.0 Å². The van der Waals surface area contributed by atoms with Gasteiger partial charge in [-0.1, -0.05) is 24.1 Å². The first-order valence-electron chi connectivity index (χ1n) is 11.3. The molecule has 9 nitrogen and oxygen atoms in total. The van der Waals surface area contributed by atoms with Gasteiger partial charge in [0.1, 0.15) is 11.6 Å². The molecular weight excluding hydrogens is 442 g/mol. The summed E-state index contributed by atoms with van der Waals surface area (Å²) in [6.45, 7) is 2.28. The molecule has 0 radical (unpaired) electrons. The van der Waals surface area contributed by atoms with E-state index in [0.717, 1.165) is 29.6 Å². The fraction of sp³-hybridized carbons (Fsp3) is 0.192. The van der Waals surface area contributed by atoms with Crippen molar-refractivity contribution in [3.8, 4) is 23.2 Å². The third-order valence-corrected chi connectivity index (χ3v) is 5.98. The van der Waals surface area contributed by atoms with Crippen LogP contribution in [-0.4, -0.2) is 42.6 Å². The van der Waals surface area contributed by atoms with E-state index in [0.29, 0.717) is 23.8 Å². The van der Waals surface area contributed by atoms with Gasteiger partial charge in [0.15, 0.2) is 0 Å². The average molecular weight is 466 g/mol. The highest BCUT2D eigenvalue weighted by Crippen LogP contribution is 2.36. The summed E-state index contributed by atoms with van der Waals surface area (Å²) in [4.78, 5) is 40.2. The summed E-state index contributed by atoms with van der Waals surface area (Å²) in [5.41, 5.74) is 9.05. The van der Waals surface area contributed by atoms with Gasteiger partial charge in [-0.15, -0.1) is 0 Å². The molecule has 174 valence electrons. The number of carbonyl (C=O) groups is 2. The highest BCUT2D eigenvalue weighted by molar-refractivity contribution is 6.04. The van der Waals surface area contributed by atoms with E-state index in [1.165, 1.54) is 0 Å². The Morgan fingerprint density at radius 2 is 1.91 bits per heavy atom. The van der Waals surface area contributed by atoms with Crippen LogP contribution in [0.4, 0.5) is 11.8 Å². The number of aromatic nitrogens is 4. The summed E-state index contributed by atoms with van der Waals surface area (Å²) in [5.74, 6) is 6.23. The van der Waals surface area contributed by atoms with E-state index in [4.69, 9.17) is 10.7 Å². The number of pyridine rings is 1. The van der Waals surface area contributed by atoms with Crippen molar-refractivity contribution < 1.29 is 9.59 Å². The highest BCUT2D eigenvalue weighted by Gasteiger charge is 2.33. The number of nitrogens with one attached hydrogen (secondary N) is 1. The van der Waals surface area contributed by atoms with Crippen LogP contribution >= 0.6 is 0 Å². The van der Waals surface area contributed by atoms with Crippen LogP contribution in [0.5, 0.6) is 0 Å². The minimum atomic E-state index is -0.262. The van der Waals surface area contributed by atoms with Gasteiger partial charge in [-0.2, -0.15) is 0 Å². The van der Waals surface area contributed by atoms with Crippen LogP contribution in [0, 0.1) is 11.8 Å². The quantitative estimate of drug-likeness (QED) is 0.447. The predicted molar refractivity (Wildman–Crippen MR) is 132 cm³/mol. The molecule has 0 spiro atoms. The fourth-order valence-electron chi connectivity index (χ4n) is 4.39. The van der Waals surface area contributed by atoms with Crippen molar-refractivity contribution >= 4 is 29.1 Å². The number of nitrogen functional groups attached to an aromatic ring is 1. The Morgan fingerprint density at radius 1 is 1.09 bits per heavy atom. The lowest BCUT2D eigenvalue weighted by atomic mass is 10.1. The van der Waals surface area contributed by atoms with E-state index in [1.54, 1.807) is 58.9 Å².